The van der Waals surface area contributed by atoms with Crippen LogP contribution in [0.4, 0.5) is 0 Å². The first-order chi connectivity index (χ1) is 6.52. The first kappa shape index (κ1) is 11.7. The summed E-state index contributed by atoms with van der Waals surface area (Å²) in [7, 11) is 0. The van der Waals surface area contributed by atoms with E-state index in [1.807, 2.05) is 13.8 Å². The van der Waals surface area contributed by atoms with E-state index >= 15 is 0 Å². The molecule has 0 spiro atoms. The number of ketones is 1. The van der Waals surface area contributed by atoms with Gasteiger partial charge in [-0.3, -0.25) is 9.69 Å². The van der Waals surface area contributed by atoms with Gasteiger partial charge < -0.3 is 0 Å². The summed E-state index contributed by atoms with van der Waals surface area (Å²) in [5.74, 6) is 0.618. The number of hydrogen-bond donors (Lipinski definition) is 0. The summed E-state index contributed by atoms with van der Waals surface area (Å²) in [5, 5.41) is 0. The lowest BCUT2D eigenvalue weighted by molar-refractivity contribution is -0.123. The van der Waals surface area contributed by atoms with Crippen LogP contribution in [0.25, 0.3) is 0 Å². The van der Waals surface area contributed by atoms with Crippen LogP contribution in [0.3, 0.4) is 0 Å². The van der Waals surface area contributed by atoms with Gasteiger partial charge in [0.2, 0.25) is 0 Å². The lowest BCUT2D eigenvalue weighted by Crippen LogP contribution is -2.37. The molecule has 1 fully saturated rings. The predicted octanol–water partition coefficient (Wildman–Crippen LogP) is 2.47. The molecular weight excluding hydrogens is 174 g/mol. The van der Waals surface area contributed by atoms with E-state index in [1.165, 1.54) is 19.4 Å². The molecule has 82 valence electrons. The zero-order chi connectivity index (χ0) is 10.7. The van der Waals surface area contributed by atoms with E-state index < -0.39 is 0 Å². The summed E-state index contributed by atoms with van der Waals surface area (Å²) in [6.07, 6.45) is 3.22. The van der Waals surface area contributed by atoms with Gasteiger partial charge in [-0.25, -0.2) is 0 Å². The van der Waals surface area contributed by atoms with E-state index in [4.69, 9.17) is 0 Å². The Bertz CT molecular complexity index is 198. The average molecular weight is 197 g/mol. The van der Waals surface area contributed by atoms with Gasteiger partial charge in [-0.2, -0.15) is 0 Å². The first-order valence-corrected chi connectivity index (χ1v) is 5.80. The summed E-state index contributed by atoms with van der Waals surface area (Å²) in [5.41, 5.74) is 0. The second-order valence-electron chi connectivity index (χ2n) is 4.95. The van der Waals surface area contributed by atoms with Gasteiger partial charge in [0.1, 0.15) is 5.78 Å². The molecule has 0 saturated carbocycles. The number of carbonyl (C=O) groups excluding carboxylic acids is 1. The highest BCUT2D eigenvalue weighted by molar-refractivity contribution is 5.80. The van der Waals surface area contributed by atoms with E-state index in [2.05, 4.69) is 18.7 Å². The topological polar surface area (TPSA) is 20.3 Å². The van der Waals surface area contributed by atoms with E-state index in [1.54, 1.807) is 0 Å². The van der Waals surface area contributed by atoms with Crippen molar-refractivity contribution in [1.82, 2.24) is 4.90 Å². The Morgan fingerprint density at radius 2 is 2.00 bits per heavy atom. The molecular formula is C12H23NO. The average Bonchev–Trinajstić information content (AvgIpc) is 2.52. The van der Waals surface area contributed by atoms with E-state index in [9.17, 15) is 4.79 Å². The standard InChI is InChI=1S/C12H23NO/c1-9(2)12(14)8-11-6-5-7-13(11)10(3)4/h9-11H,5-8H2,1-4H3/t11-/m1/s1. The summed E-state index contributed by atoms with van der Waals surface area (Å²) < 4.78 is 0. The van der Waals surface area contributed by atoms with Crippen molar-refractivity contribution >= 4 is 5.78 Å². The molecule has 0 radical (unpaired) electrons. The van der Waals surface area contributed by atoms with Crippen LogP contribution < -0.4 is 0 Å². The molecule has 2 heteroatoms. The third-order valence-electron chi connectivity index (χ3n) is 3.17. The molecule has 1 aliphatic rings. The van der Waals surface area contributed by atoms with Crippen molar-refractivity contribution in [2.45, 2.75) is 59.0 Å². The highest BCUT2D eigenvalue weighted by atomic mass is 16.1. The zero-order valence-electron chi connectivity index (χ0n) is 9.92. The van der Waals surface area contributed by atoms with Crippen LogP contribution in [0.1, 0.15) is 47.0 Å². The van der Waals surface area contributed by atoms with Crippen molar-refractivity contribution in [3.63, 3.8) is 0 Å². The molecule has 2 nitrogen and oxygen atoms in total. The lowest BCUT2D eigenvalue weighted by atomic mass is 10.00. The molecule has 0 aromatic heterocycles. The van der Waals surface area contributed by atoms with Gasteiger partial charge in [-0.05, 0) is 33.2 Å². The Morgan fingerprint density at radius 1 is 1.36 bits per heavy atom. The van der Waals surface area contributed by atoms with Crippen molar-refractivity contribution in [3.05, 3.63) is 0 Å². The third-order valence-corrected chi connectivity index (χ3v) is 3.17. The quantitative estimate of drug-likeness (QED) is 0.690. The van der Waals surface area contributed by atoms with Gasteiger partial charge in [0, 0.05) is 24.4 Å². The van der Waals surface area contributed by atoms with Crippen LogP contribution in [0.5, 0.6) is 0 Å². The summed E-state index contributed by atoms with van der Waals surface area (Å²) in [4.78, 5) is 14.1. The van der Waals surface area contributed by atoms with Gasteiger partial charge in [-0.15, -0.1) is 0 Å². The molecule has 0 amide bonds. The SMILES string of the molecule is CC(C)C(=O)C[C@H]1CCCN1C(C)C. The van der Waals surface area contributed by atoms with Crippen molar-refractivity contribution in [2.75, 3.05) is 6.54 Å². The van der Waals surface area contributed by atoms with Crippen molar-refractivity contribution < 1.29 is 4.79 Å². The van der Waals surface area contributed by atoms with Crippen molar-refractivity contribution in [2.24, 2.45) is 5.92 Å². The Kier molecular flexibility index (Phi) is 4.11. The minimum absolute atomic E-state index is 0.199. The first-order valence-electron chi connectivity index (χ1n) is 5.80. The van der Waals surface area contributed by atoms with Crippen molar-refractivity contribution in [3.8, 4) is 0 Å². The Morgan fingerprint density at radius 3 is 2.50 bits per heavy atom. The number of nitrogens with zero attached hydrogens (tertiary/aromatic N) is 1. The molecule has 14 heavy (non-hydrogen) atoms. The van der Waals surface area contributed by atoms with Crippen LogP contribution in [-0.4, -0.2) is 29.3 Å². The minimum atomic E-state index is 0.199. The molecule has 0 aromatic carbocycles. The normalized spacial score (nSPS) is 23.7. The second kappa shape index (κ2) is 4.92. The van der Waals surface area contributed by atoms with Crippen LogP contribution >= 0.6 is 0 Å². The van der Waals surface area contributed by atoms with E-state index in [-0.39, 0.29) is 5.92 Å². The van der Waals surface area contributed by atoms with Crippen LogP contribution in [0, 0.1) is 5.92 Å². The number of Topliss-reactive ketones (excluding diaryl/α,β-unsaturated/α-hetero) is 1. The molecule has 0 aliphatic carbocycles. The van der Waals surface area contributed by atoms with Crippen LogP contribution in [0.2, 0.25) is 0 Å². The minimum Gasteiger partial charge on any atom is -0.299 e. The predicted molar refractivity (Wildman–Crippen MR) is 59.3 cm³/mol. The van der Waals surface area contributed by atoms with Gasteiger partial charge in [-0.1, -0.05) is 13.8 Å². The van der Waals surface area contributed by atoms with Gasteiger partial charge >= 0.3 is 0 Å². The molecule has 1 rings (SSSR count). The third kappa shape index (κ3) is 2.81. The van der Waals surface area contributed by atoms with Crippen molar-refractivity contribution in [1.29, 1.82) is 0 Å². The maximum absolute atomic E-state index is 11.6. The molecule has 1 saturated heterocycles. The molecule has 1 atom stereocenters. The molecule has 1 aliphatic heterocycles. The fraction of sp³-hybridized carbons (Fsp3) is 0.917. The molecule has 1 heterocycles. The Hall–Kier alpha value is -0.370. The van der Waals surface area contributed by atoms with Gasteiger partial charge in [0.25, 0.3) is 0 Å². The monoisotopic (exact) mass is 197 g/mol. The van der Waals surface area contributed by atoms with E-state index in [0.717, 1.165) is 6.42 Å². The Labute approximate surface area is 87.7 Å². The van der Waals surface area contributed by atoms with Gasteiger partial charge in [0.15, 0.2) is 0 Å². The fourth-order valence-corrected chi connectivity index (χ4v) is 2.22. The maximum atomic E-state index is 11.6. The van der Waals surface area contributed by atoms with E-state index in [0.29, 0.717) is 17.9 Å². The number of likely N-dealkylation sites (tertiary alicyclic amines) is 1. The summed E-state index contributed by atoms with van der Waals surface area (Å²) >= 11 is 0. The highest BCUT2D eigenvalue weighted by Crippen LogP contribution is 2.23. The van der Waals surface area contributed by atoms with Crippen LogP contribution in [-0.2, 0) is 4.79 Å². The maximum Gasteiger partial charge on any atom is 0.136 e. The smallest absolute Gasteiger partial charge is 0.136 e. The van der Waals surface area contributed by atoms with Gasteiger partial charge in [0.05, 0.1) is 0 Å². The number of rotatable bonds is 4. The largest absolute Gasteiger partial charge is 0.299 e. The second-order valence-corrected chi connectivity index (χ2v) is 4.95. The number of hydrogen-bond acceptors (Lipinski definition) is 2. The zero-order valence-corrected chi connectivity index (χ0v) is 9.92. The fourth-order valence-electron chi connectivity index (χ4n) is 2.22. The number of carbonyl (C=O) groups is 1. The summed E-state index contributed by atoms with van der Waals surface area (Å²) in [6, 6.07) is 1.10. The van der Waals surface area contributed by atoms with Crippen LogP contribution in [0.15, 0.2) is 0 Å². The molecule has 0 unspecified atom stereocenters. The molecule has 0 bridgehead atoms. The highest BCUT2D eigenvalue weighted by Gasteiger charge is 2.28. The summed E-state index contributed by atoms with van der Waals surface area (Å²) in [6.45, 7) is 9.61. The lowest BCUT2D eigenvalue weighted by Gasteiger charge is -2.28. The molecule has 0 aromatic rings. The Balaban J connectivity index is 2.47. The molecule has 0 N–H and O–H groups in total.